The van der Waals surface area contributed by atoms with Gasteiger partial charge in [0, 0.05) is 22.8 Å². The second kappa shape index (κ2) is 5.42. The van der Waals surface area contributed by atoms with Gasteiger partial charge >= 0.3 is 0 Å². The fourth-order valence-electron chi connectivity index (χ4n) is 3.75. The van der Waals surface area contributed by atoms with Crippen molar-refractivity contribution < 1.29 is 5.11 Å². The summed E-state index contributed by atoms with van der Waals surface area (Å²) >= 11 is 6.04. The minimum Gasteiger partial charge on any atom is -0.494 e. The summed E-state index contributed by atoms with van der Waals surface area (Å²) in [5.41, 5.74) is 5.56. The summed E-state index contributed by atoms with van der Waals surface area (Å²) in [7, 11) is 0. The first-order valence-electron chi connectivity index (χ1n) is 8.22. The molecular formula is C21H20ClNO. The first-order valence-corrected chi connectivity index (χ1v) is 8.60. The maximum absolute atomic E-state index is 11.0. The van der Waals surface area contributed by atoms with Crippen LogP contribution in [0.15, 0.2) is 54.6 Å². The summed E-state index contributed by atoms with van der Waals surface area (Å²) in [6.07, 6.45) is 0.957. The molecule has 0 atom stereocenters. The Bertz CT molecular complexity index is 892. The molecule has 3 aromatic rings. The Kier molecular flexibility index (Phi) is 3.47. The summed E-state index contributed by atoms with van der Waals surface area (Å²) in [4.78, 5) is 0. The first kappa shape index (κ1) is 15.3. The van der Waals surface area contributed by atoms with Gasteiger partial charge < -0.3 is 9.67 Å². The van der Waals surface area contributed by atoms with E-state index in [1.807, 2.05) is 42.5 Å². The molecule has 0 bridgehead atoms. The molecule has 0 fully saturated rings. The average molecular weight is 338 g/mol. The van der Waals surface area contributed by atoms with E-state index in [1.165, 1.54) is 5.69 Å². The van der Waals surface area contributed by atoms with Crippen molar-refractivity contribution in [2.24, 2.45) is 5.41 Å². The van der Waals surface area contributed by atoms with E-state index in [4.69, 9.17) is 11.6 Å². The third-order valence-corrected chi connectivity index (χ3v) is 5.02. The minimum atomic E-state index is 0.162. The Balaban J connectivity index is 1.99. The highest BCUT2D eigenvalue weighted by atomic mass is 35.5. The van der Waals surface area contributed by atoms with Gasteiger partial charge in [-0.3, -0.25) is 0 Å². The SMILES string of the molecule is CC1(C)Cc2c(-c3ccccc3)c(-c3ccc(Cl)cc3)c(O)n2C1. The zero-order valence-corrected chi connectivity index (χ0v) is 14.6. The quantitative estimate of drug-likeness (QED) is 0.631. The number of halogens is 1. The van der Waals surface area contributed by atoms with Crippen molar-refractivity contribution in [3.05, 3.63) is 65.3 Å². The van der Waals surface area contributed by atoms with Crippen LogP contribution in [-0.4, -0.2) is 9.67 Å². The van der Waals surface area contributed by atoms with Crippen molar-refractivity contribution in [1.29, 1.82) is 0 Å². The lowest BCUT2D eigenvalue weighted by Crippen LogP contribution is -2.12. The van der Waals surface area contributed by atoms with E-state index in [-0.39, 0.29) is 5.41 Å². The molecule has 3 heteroatoms. The molecule has 0 spiro atoms. The molecule has 0 amide bonds. The summed E-state index contributed by atoms with van der Waals surface area (Å²) in [5.74, 6) is 0.358. The largest absolute Gasteiger partial charge is 0.494 e. The van der Waals surface area contributed by atoms with Crippen LogP contribution in [0.1, 0.15) is 19.5 Å². The molecule has 0 radical (unpaired) electrons. The number of aromatic nitrogens is 1. The third-order valence-electron chi connectivity index (χ3n) is 4.77. The van der Waals surface area contributed by atoms with Crippen molar-refractivity contribution in [3.8, 4) is 28.1 Å². The van der Waals surface area contributed by atoms with Crippen LogP contribution >= 0.6 is 11.6 Å². The molecule has 0 unspecified atom stereocenters. The minimum absolute atomic E-state index is 0.162. The lowest BCUT2D eigenvalue weighted by molar-refractivity contribution is 0.335. The van der Waals surface area contributed by atoms with Crippen molar-refractivity contribution in [2.45, 2.75) is 26.8 Å². The van der Waals surface area contributed by atoms with Gasteiger partial charge in [-0.05, 0) is 35.1 Å². The van der Waals surface area contributed by atoms with E-state index >= 15 is 0 Å². The van der Waals surface area contributed by atoms with Crippen LogP contribution in [0.5, 0.6) is 5.88 Å². The molecule has 2 nitrogen and oxygen atoms in total. The number of benzene rings is 2. The number of fused-ring (bicyclic) bond motifs is 1. The lowest BCUT2D eigenvalue weighted by atomic mass is 9.87. The Morgan fingerprint density at radius 2 is 1.54 bits per heavy atom. The average Bonchev–Trinajstić information content (AvgIpc) is 3.01. The van der Waals surface area contributed by atoms with Crippen LogP contribution in [0.2, 0.25) is 5.02 Å². The molecule has 2 heterocycles. The van der Waals surface area contributed by atoms with Crippen molar-refractivity contribution in [2.75, 3.05) is 0 Å². The van der Waals surface area contributed by atoms with E-state index in [9.17, 15) is 5.11 Å². The highest BCUT2D eigenvalue weighted by Gasteiger charge is 2.36. The molecule has 24 heavy (non-hydrogen) atoms. The highest BCUT2D eigenvalue weighted by Crippen LogP contribution is 2.49. The molecule has 1 N–H and O–H groups in total. The van der Waals surface area contributed by atoms with Crippen LogP contribution in [-0.2, 0) is 13.0 Å². The third kappa shape index (κ3) is 2.42. The number of nitrogens with zero attached hydrogens (tertiary/aromatic N) is 1. The summed E-state index contributed by atoms with van der Waals surface area (Å²) < 4.78 is 2.08. The van der Waals surface area contributed by atoms with Crippen LogP contribution < -0.4 is 0 Å². The van der Waals surface area contributed by atoms with Crippen LogP contribution in [0.4, 0.5) is 0 Å². The molecule has 0 saturated carbocycles. The lowest BCUT2D eigenvalue weighted by Gasteiger charge is -2.17. The van der Waals surface area contributed by atoms with Gasteiger partial charge in [0.25, 0.3) is 0 Å². The van der Waals surface area contributed by atoms with Gasteiger partial charge in [0.15, 0.2) is 5.88 Å². The maximum atomic E-state index is 11.0. The van der Waals surface area contributed by atoms with E-state index in [1.54, 1.807) is 0 Å². The van der Waals surface area contributed by atoms with Crippen LogP contribution in [0.3, 0.4) is 0 Å². The molecule has 0 aliphatic carbocycles. The van der Waals surface area contributed by atoms with Crippen molar-refractivity contribution in [3.63, 3.8) is 0 Å². The van der Waals surface area contributed by atoms with E-state index in [0.717, 1.165) is 35.2 Å². The molecule has 0 saturated heterocycles. The number of hydrogen-bond donors (Lipinski definition) is 1. The molecule has 1 aromatic heterocycles. The monoisotopic (exact) mass is 337 g/mol. The molecule has 1 aliphatic heterocycles. The van der Waals surface area contributed by atoms with Crippen molar-refractivity contribution in [1.82, 2.24) is 4.57 Å². The van der Waals surface area contributed by atoms with Crippen LogP contribution in [0.25, 0.3) is 22.3 Å². The number of rotatable bonds is 2. The zero-order chi connectivity index (χ0) is 16.9. The second-order valence-corrected chi connectivity index (χ2v) is 7.76. The summed E-state index contributed by atoms with van der Waals surface area (Å²) in [6, 6.07) is 18.0. The fourth-order valence-corrected chi connectivity index (χ4v) is 3.88. The molecular weight excluding hydrogens is 318 g/mol. The van der Waals surface area contributed by atoms with Gasteiger partial charge in [0.2, 0.25) is 0 Å². The van der Waals surface area contributed by atoms with Gasteiger partial charge in [0.1, 0.15) is 0 Å². The van der Waals surface area contributed by atoms with E-state index < -0.39 is 0 Å². The smallest absolute Gasteiger partial charge is 0.199 e. The maximum Gasteiger partial charge on any atom is 0.199 e. The first-order chi connectivity index (χ1) is 11.5. The van der Waals surface area contributed by atoms with Gasteiger partial charge in [-0.1, -0.05) is 67.9 Å². The number of aromatic hydroxyl groups is 1. The van der Waals surface area contributed by atoms with Gasteiger partial charge in [-0.2, -0.15) is 0 Å². The number of hydrogen-bond acceptors (Lipinski definition) is 1. The van der Waals surface area contributed by atoms with Crippen molar-refractivity contribution >= 4 is 11.6 Å². The fraction of sp³-hybridized carbons (Fsp3) is 0.238. The summed E-state index contributed by atoms with van der Waals surface area (Å²) in [6.45, 7) is 5.33. The van der Waals surface area contributed by atoms with Crippen LogP contribution in [0, 0.1) is 5.41 Å². The highest BCUT2D eigenvalue weighted by molar-refractivity contribution is 6.30. The van der Waals surface area contributed by atoms with E-state index in [2.05, 4.69) is 30.5 Å². The Morgan fingerprint density at radius 3 is 2.21 bits per heavy atom. The Morgan fingerprint density at radius 1 is 0.917 bits per heavy atom. The molecule has 4 rings (SSSR count). The normalized spacial score (nSPS) is 15.5. The van der Waals surface area contributed by atoms with Gasteiger partial charge in [-0.25, -0.2) is 0 Å². The molecule has 122 valence electrons. The predicted molar refractivity (Wildman–Crippen MR) is 99.5 cm³/mol. The van der Waals surface area contributed by atoms with Gasteiger partial charge in [-0.15, -0.1) is 0 Å². The molecule has 1 aliphatic rings. The predicted octanol–water partition coefficient (Wildman–Crippen LogP) is 5.76. The topological polar surface area (TPSA) is 25.2 Å². The Hall–Kier alpha value is -2.19. The van der Waals surface area contributed by atoms with E-state index in [0.29, 0.717) is 10.9 Å². The molecule has 2 aromatic carbocycles. The standard InChI is InChI=1S/C21H20ClNO/c1-21(2)12-17-18(14-6-4-3-5-7-14)19(20(24)23(17)13-21)15-8-10-16(22)11-9-15/h3-11,24H,12-13H2,1-2H3. The zero-order valence-electron chi connectivity index (χ0n) is 13.9. The van der Waals surface area contributed by atoms with Gasteiger partial charge in [0.05, 0.1) is 5.56 Å². The summed E-state index contributed by atoms with van der Waals surface area (Å²) in [5, 5.41) is 11.7. The Labute approximate surface area is 147 Å². The second-order valence-electron chi connectivity index (χ2n) is 7.32.